The summed E-state index contributed by atoms with van der Waals surface area (Å²) in [5.74, 6) is 1.80. The van der Waals surface area contributed by atoms with Gasteiger partial charge in [-0.15, -0.1) is 0 Å². The van der Waals surface area contributed by atoms with E-state index in [1.54, 1.807) is 0 Å². The first-order valence-electron chi connectivity index (χ1n) is 19.9. The molecule has 0 spiro atoms. The number of ether oxygens (including phenoxy) is 2. The van der Waals surface area contributed by atoms with E-state index in [4.69, 9.17) is 9.47 Å². The van der Waals surface area contributed by atoms with Gasteiger partial charge >= 0.3 is 0 Å². The number of hydrogen-bond acceptors (Lipinski definition) is 4. The summed E-state index contributed by atoms with van der Waals surface area (Å²) in [6.45, 7) is 2.05. The molecule has 2 heterocycles. The van der Waals surface area contributed by atoms with Gasteiger partial charge in [-0.2, -0.15) is 0 Å². The molecular weight excluding hydrogens is 685 g/mol. The molecule has 1 aliphatic carbocycles. The molecule has 276 valence electrons. The van der Waals surface area contributed by atoms with Gasteiger partial charge in [0.15, 0.2) is 5.60 Å². The molecule has 0 N–H and O–H groups in total. The second-order valence-electron chi connectivity index (χ2n) is 15.6. The Labute approximate surface area is 330 Å². The van der Waals surface area contributed by atoms with Crippen molar-refractivity contribution in [3.05, 3.63) is 197 Å². The standard InChI is InChI=1S/C52H46N2O2/c1-53(2)40-28-26-37(27-29-40)51(36-18-8-4-9-19-36)31-30-41-43-35-47(55-3)46(54-32-16-7-17-33-54)34-44(43)48-42-24-14-15-25-45(42)52(49(48)50(41)56-51,38-20-10-5-11-21-38)39-22-12-6-13-23-39/h4-6,8-15,18-31,34-35H,7,16-17,32-33H2,1-3H3. The van der Waals surface area contributed by atoms with Crippen LogP contribution < -0.4 is 19.3 Å². The highest BCUT2D eigenvalue weighted by Crippen LogP contribution is 2.64. The number of benzene rings is 7. The van der Waals surface area contributed by atoms with Gasteiger partial charge in [-0.3, -0.25) is 0 Å². The molecule has 1 atom stereocenters. The maximum atomic E-state index is 7.94. The molecule has 1 unspecified atom stereocenters. The number of hydrogen-bond donors (Lipinski definition) is 0. The molecule has 4 nitrogen and oxygen atoms in total. The SMILES string of the molecule is COc1cc2c3c(c4c(c2cc1N1CCCCC1)-c1ccccc1C4(c1ccccc1)c1ccccc1)OC(c1ccccc1)(c1ccc(N(C)C)cc1)C=C3. The van der Waals surface area contributed by atoms with E-state index < -0.39 is 11.0 Å². The van der Waals surface area contributed by atoms with Gasteiger partial charge in [-0.1, -0.05) is 127 Å². The molecule has 0 radical (unpaired) electrons. The van der Waals surface area contributed by atoms with Crippen molar-refractivity contribution in [3.8, 4) is 22.6 Å². The average Bonchev–Trinajstić information content (AvgIpc) is 3.59. The molecule has 10 rings (SSSR count). The highest BCUT2D eigenvalue weighted by Gasteiger charge is 2.51. The first-order chi connectivity index (χ1) is 27.5. The smallest absolute Gasteiger partial charge is 0.178 e. The third kappa shape index (κ3) is 5.05. The Kier molecular flexibility index (Phi) is 8.25. The highest BCUT2D eigenvalue weighted by molar-refractivity contribution is 6.11. The number of piperidine rings is 1. The van der Waals surface area contributed by atoms with E-state index in [1.807, 2.05) is 7.11 Å². The van der Waals surface area contributed by atoms with Crippen LogP contribution in [0.25, 0.3) is 28.0 Å². The minimum Gasteiger partial charge on any atom is -0.495 e. The summed E-state index contributed by atoms with van der Waals surface area (Å²) < 4.78 is 14.2. The second kappa shape index (κ2) is 13.5. The Hall–Kier alpha value is -6.26. The van der Waals surface area contributed by atoms with E-state index in [1.165, 1.54) is 58.0 Å². The van der Waals surface area contributed by atoms with Gasteiger partial charge in [0, 0.05) is 55.1 Å². The lowest BCUT2D eigenvalue weighted by molar-refractivity contribution is 0.159. The van der Waals surface area contributed by atoms with Crippen LogP contribution in [-0.4, -0.2) is 34.3 Å². The Bertz CT molecular complexity index is 2550. The molecule has 7 aromatic carbocycles. The topological polar surface area (TPSA) is 24.9 Å². The Morgan fingerprint density at radius 1 is 0.625 bits per heavy atom. The average molecular weight is 731 g/mol. The van der Waals surface area contributed by atoms with Crippen LogP contribution in [0.3, 0.4) is 0 Å². The zero-order valence-corrected chi connectivity index (χ0v) is 32.3. The van der Waals surface area contributed by atoms with Gasteiger partial charge in [0.05, 0.1) is 18.2 Å². The molecule has 4 heteroatoms. The van der Waals surface area contributed by atoms with Crippen molar-refractivity contribution in [2.75, 3.05) is 44.1 Å². The van der Waals surface area contributed by atoms with E-state index in [0.717, 1.165) is 58.0 Å². The van der Waals surface area contributed by atoms with E-state index in [9.17, 15) is 0 Å². The van der Waals surface area contributed by atoms with E-state index in [0.29, 0.717) is 0 Å². The lowest BCUT2D eigenvalue weighted by atomic mass is 9.66. The maximum Gasteiger partial charge on any atom is 0.178 e. The Morgan fingerprint density at radius 3 is 1.84 bits per heavy atom. The fourth-order valence-electron chi connectivity index (χ4n) is 9.83. The summed E-state index contributed by atoms with van der Waals surface area (Å²) in [5, 5.41) is 2.35. The summed E-state index contributed by atoms with van der Waals surface area (Å²) in [7, 11) is 5.97. The van der Waals surface area contributed by atoms with Crippen LogP contribution in [0.2, 0.25) is 0 Å². The van der Waals surface area contributed by atoms with Gasteiger partial charge in [0.1, 0.15) is 11.5 Å². The zero-order chi connectivity index (χ0) is 37.9. The fraction of sp³-hybridized carbons (Fsp3) is 0.192. The molecule has 0 saturated carbocycles. The van der Waals surface area contributed by atoms with Crippen molar-refractivity contribution in [2.45, 2.75) is 30.3 Å². The number of anilines is 2. The summed E-state index contributed by atoms with van der Waals surface area (Å²) in [6, 6.07) is 55.4. The zero-order valence-electron chi connectivity index (χ0n) is 32.3. The molecule has 0 bridgehead atoms. The van der Waals surface area contributed by atoms with Gasteiger partial charge in [-0.05, 0) is 94.3 Å². The molecule has 2 aliphatic heterocycles. The summed E-state index contributed by atoms with van der Waals surface area (Å²) in [4.78, 5) is 4.67. The Balaban J connectivity index is 1.37. The highest BCUT2D eigenvalue weighted by atomic mass is 16.5. The van der Waals surface area contributed by atoms with Gasteiger partial charge in [0.2, 0.25) is 0 Å². The quantitative estimate of drug-likeness (QED) is 0.163. The predicted molar refractivity (Wildman–Crippen MR) is 232 cm³/mol. The normalized spacial score (nSPS) is 17.8. The van der Waals surface area contributed by atoms with Crippen molar-refractivity contribution in [1.82, 2.24) is 0 Å². The van der Waals surface area contributed by atoms with Crippen LogP contribution in [0.4, 0.5) is 11.4 Å². The van der Waals surface area contributed by atoms with Crippen LogP contribution in [0.15, 0.2) is 158 Å². The van der Waals surface area contributed by atoms with Crippen molar-refractivity contribution in [1.29, 1.82) is 0 Å². The van der Waals surface area contributed by atoms with Gasteiger partial charge < -0.3 is 19.3 Å². The van der Waals surface area contributed by atoms with Crippen molar-refractivity contribution >= 4 is 28.2 Å². The maximum absolute atomic E-state index is 7.94. The first-order valence-corrected chi connectivity index (χ1v) is 19.9. The third-order valence-electron chi connectivity index (χ3n) is 12.4. The van der Waals surface area contributed by atoms with E-state index >= 15 is 0 Å². The molecule has 1 saturated heterocycles. The van der Waals surface area contributed by atoms with Crippen LogP contribution in [-0.2, 0) is 11.0 Å². The van der Waals surface area contributed by atoms with E-state index in [2.05, 4.69) is 188 Å². The van der Waals surface area contributed by atoms with Crippen LogP contribution in [0, 0.1) is 0 Å². The minimum absolute atomic E-state index is 0.666. The van der Waals surface area contributed by atoms with Crippen LogP contribution >= 0.6 is 0 Å². The molecule has 0 aromatic heterocycles. The third-order valence-corrected chi connectivity index (χ3v) is 12.4. The summed E-state index contributed by atoms with van der Waals surface area (Å²) in [5.41, 5.74) is 11.3. The van der Waals surface area contributed by atoms with Crippen molar-refractivity contribution in [2.24, 2.45) is 0 Å². The largest absolute Gasteiger partial charge is 0.495 e. The molecule has 3 aliphatic rings. The fourth-order valence-corrected chi connectivity index (χ4v) is 9.83. The molecule has 0 amide bonds. The van der Waals surface area contributed by atoms with Crippen molar-refractivity contribution < 1.29 is 9.47 Å². The van der Waals surface area contributed by atoms with Crippen LogP contribution in [0.1, 0.15) is 58.2 Å². The van der Waals surface area contributed by atoms with Gasteiger partial charge in [0.25, 0.3) is 0 Å². The van der Waals surface area contributed by atoms with Crippen molar-refractivity contribution in [3.63, 3.8) is 0 Å². The molecule has 7 aromatic rings. The van der Waals surface area contributed by atoms with Gasteiger partial charge in [-0.25, -0.2) is 0 Å². The monoisotopic (exact) mass is 730 g/mol. The predicted octanol–water partition coefficient (Wildman–Crippen LogP) is 11.6. The van der Waals surface area contributed by atoms with E-state index in [-0.39, 0.29) is 0 Å². The van der Waals surface area contributed by atoms with Crippen LogP contribution in [0.5, 0.6) is 11.5 Å². The Morgan fingerprint density at radius 2 is 1.21 bits per heavy atom. The summed E-state index contributed by atoms with van der Waals surface area (Å²) in [6.07, 6.45) is 8.25. The molecule has 56 heavy (non-hydrogen) atoms. The number of nitrogens with zero attached hydrogens (tertiary/aromatic N) is 2. The second-order valence-corrected chi connectivity index (χ2v) is 15.6. The lowest BCUT2D eigenvalue weighted by Gasteiger charge is -2.41. The lowest BCUT2D eigenvalue weighted by Crippen LogP contribution is -2.37. The summed E-state index contributed by atoms with van der Waals surface area (Å²) >= 11 is 0. The number of methoxy groups -OCH3 is 1. The number of rotatable bonds is 7. The molecular formula is C52H46N2O2. The minimum atomic E-state index is -0.897. The molecule has 1 fully saturated rings. The number of fused-ring (bicyclic) bond motifs is 8. The first kappa shape index (κ1) is 34.2.